The van der Waals surface area contributed by atoms with Crippen molar-refractivity contribution in [2.45, 2.75) is 4.43 Å². The quantitative estimate of drug-likeness (QED) is 0.363. The molecule has 0 aliphatic rings. The third-order valence-corrected chi connectivity index (χ3v) is 3.97. The van der Waals surface area contributed by atoms with Gasteiger partial charge in [-0.25, -0.2) is 15.0 Å². The molecule has 0 aliphatic carbocycles. The number of pyridine rings is 1. The number of imidazole rings is 1. The summed E-state index contributed by atoms with van der Waals surface area (Å²) in [6, 6.07) is 7.56. The number of hydrogen-bond acceptors (Lipinski definition) is 6. The monoisotopic (exact) mass is 419 g/mol. The zero-order valence-corrected chi connectivity index (χ0v) is 14.4. The predicted molar refractivity (Wildman–Crippen MR) is 96.6 cm³/mol. The predicted octanol–water partition coefficient (Wildman–Crippen LogP) is 2.45. The second-order valence-corrected chi connectivity index (χ2v) is 5.52. The molecule has 0 radical (unpaired) electrons. The second-order valence-electron chi connectivity index (χ2n) is 4.76. The third kappa shape index (κ3) is 3.68. The number of nitrogens with zero attached hydrogens (tertiary/aromatic N) is 5. The van der Waals surface area contributed by atoms with Gasteiger partial charge in [0.15, 0.2) is 0 Å². The van der Waals surface area contributed by atoms with E-state index in [-0.39, 0.29) is 0 Å². The van der Waals surface area contributed by atoms with Crippen molar-refractivity contribution in [3.05, 3.63) is 48.0 Å². The van der Waals surface area contributed by atoms with Crippen molar-refractivity contribution in [2.24, 2.45) is 0 Å². The first-order chi connectivity index (χ1) is 11.3. The van der Waals surface area contributed by atoms with Crippen molar-refractivity contribution < 1.29 is 0 Å². The minimum absolute atomic E-state index is 0.552. The molecular formula is C15H14IN7. The number of aromatic nitrogens is 4. The molecule has 0 fully saturated rings. The van der Waals surface area contributed by atoms with E-state index in [2.05, 4.69) is 48.2 Å². The average molecular weight is 419 g/mol. The smallest absolute Gasteiger partial charge is 0.208 e. The van der Waals surface area contributed by atoms with Crippen LogP contribution < -0.4 is 10.6 Å². The lowest BCUT2D eigenvalue weighted by Crippen LogP contribution is -2.17. The van der Waals surface area contributed by atoms with Crippen molar-refractivity contribution in [1.82, 2.24) is 19.4 Å². The second kappa shape index (κ2) is 7.23. The Hall–Kier alpha value is -2.41. The minimum Gasteiger partial charge on any atom is -0.368 e. The van der Waals surface area contributed by atoms with Gasteiger partial charge in [0.05, 0.1) is 11.3 Å². The van der Waals surface area contributed by atoms with E-state index in [1.807, 2.05) is 22.7 Å². The molecule has 116 valence electrons. The van der Waals surface area contributed by atoms with Crippen LogP contribution in [0.1, 0.15) is 11.3 Å². The van der Waals surface area contributed by atoms with Gasteiger partial charge in [0, 0.05) is 42.2 Å². The van der Waals surface area contributed by atoms with Gasteiger partial charge in [-0.05, 0) is 12.1 Å². The molecule has 3 aromatic rings. The molecule has 8 heteroatoms. The maximum absolute atomic E-state index is 8.74. The fourth-order valence-corrected chi connectivity index (χ4v) is 2.49. The van der Waals surface area contributed by atoms with Crippen molar-refractivity contribution in [1.29, 1.82) is 5.26 Å². The number of anilines is 2. The standard InChI is InChI=1S/C15H14IN7/c16-8-12-7-14-19-5-6-23(14)15(22-12)20-4-3-18-13-2-1-11(9-17)10-21-13/h1-2,5-7,10H,3-4,8H2,(H,18,21)(H,20,22). The molecule has 3 heterocycles. The molecule has 0 aliphatic heterocycles. The van der Waals surface area contributed by atoms with Crippen molar-refractivity contribution >= 4 is 40.0 Å². The molecule has 3 rings (SSSR count). The first-order valence-corrected chi connectivity index (χ1v) is 8.55. The molecule has 23 heavy (non-hydrogen) atoms. The first kappa shape index (κ1) is 15.5. The van der Waals surface area contributed by atoms with E-state index in [4.69, 9.17) is 5.26 Å². The molecule has 2 N–H and O–H groups in total. The SMILES string of the molecule is N#Cc1ccc(NCCNc2nc(CI)cc3nccn23)nc1. The van der Waals surface area contributed by atoms with E-state index < -0.39 is 0 Å². The number of nitrogens with one attached hydrogen (secondary N) is 2. The van der Waals surface area contributed by atoms with Crippen molar-refractivity contribution in [3.63, 3.8) is 0 Å². The van der Waals surface area contributed by atoms with E-state index in [1.54, 1.807) is 24.5 Å². The molecular weight excluding hydrogens is 405 g/mol. The Morgan fingerprint density at radius 3 is 2.83 bits per heavy atom. The van der Waals surface area contributed by atoms with Crippen LogP contribution in [-0.4, -0.2) is 32.4 Å². The normalized spacial score (nSPS) is 10.4. The largest absolute Gasteiger partial charge is 0.368 e. The van der Waals surface area contributed by atoms with Gasteiger partial charge in [-0.2, -0.15) is 5.26 Å². The van der Waals surface area contributed by atoms with E-state index in [1.165, 1.54) is 0 Å². The summed E-state index contributed by atoms with van der Waals surface area (Å²) in [6.07, 6.45) is 5.20. The molecule has 0 aromatic carbocycles. The highest BCUT2D eigenvalue weighted by molar-refractivity contribution is 14.1. The fourth-order valence-electron chi connectivity index (χ4n) is 2.09. The van der Waals surface area contributed by atoms with Gasteiger partial charge in [-0.3, -0.25) is 4.40 Å². The Bertz CT molecular complexity index is 835. The van der Waals surface area contributed by atoms with Gasteiger partial charge in [-0.1, -0.05) is 22.6 Å². The lowest BCUT2D eigenvalue weighted by molar-refractivity contribution is 0.978. The van der Waals surface area contributed by atoms with E-state index in [0.717, 1.165) is 27.5 Å². The molecule has 0 amide bonds. The molecule has 0 saturated heterocycles. The number of halogens is 1. The highest BCUT2D eigenvalue weighted by Crippen LogP contribution is 2.13. The zero-order valence-electron chi connectivity index (χ0n) is 12.2. The van der Waals surface area contributed by atoms with E-state index >= 15 is 0 Å². The fraction of sp³-hybridized carbons (Fsp3) is 0.200. The highest BCUT2D eigenvalue weighted by atomic mass is 127. The maximum Gasteiger partial charge on any atom is 0.208 e. The van der Waals surface area contributed by atoms with Crippen molar-refractivity contribution in [2.75, 3.05) is 23.7 Å². The van der Waals surface area contributed by atoms with Gasteiger partial charge in [0.1, 0.15) is 17.5 Å². The van der Waals surface area contributed by atoms with E-state index in [0.29, 0.717) is 18.7 Å². The molecule has 0 saturated carbocycles. The summed E-state index contributed by atoms with van der Waals surface area (Å²) in [5, 5.41) is 15.3. The number of hydrogen-bond donors (Lipinski definition) is 2. The molecule has 3 aromatic heterocycles. The van der Waals surface area contributed by atoms with Crippen LogP contribution in [0.4, 0.5) is 11.8 Å². The zero-order chi connectivity index (χ0) is 16.1. The van der Waals surface area contributed by atoms with Gasteiger partial charge in [-0.15, -0.1) is 0 Å². The summed E-state index contributed by atoms with van der Waals surface area (Å²) in [4.78, 5) is 13.1. The Balaban J connectivity index is 1.60. The van der Waals surface area contributed by atoms with Crippen LogP contribution in [0.25, 0.3) is 5.65 Å². The lowest BCUT2D eigenvalue weighted by Gasteiger charge is -2.10. The van der Waals surface area contributed by atoms with Gasteiger partial charge >= 0.3 is 0 Å². The number of alkyl halides is 1. The minimum atomic E-state index is 0.552. The molecule has 0 spiro atoms. The van der Waals surface area contributed by atoms with Crippen LogP contribution >= 0.6 is 22.6 Å². The Morgan fingerprint density at radius 2 is 2.09 bits per heavy atom. The van der Waals surface area contributed by atoms with Crippen LogP contribution in [0.5, 0.6) is 0 Å². The Kier molecular flexibility index (Phi) is 4.87. The molecule has 0 unspecified atom stereocenters. The Morgan fingerprint density at radius 1 is 1.22 bits per heavy atom. The van der Waals surface area contributed by atoms with E-state index in [9.17, 15) is 0 Å². The highest BCUT2D eigenvalue weighted by Gasteiger charge is 2.05. The summed E-state index contributed by atoms with van der Waals surface area (Å²) in [6.45, 7) is 1.37. The van der Waals surface area contributed by atoms with Crippen LogP contribution in [0.2, 0.25) is 0 Å². The topological polar surface area (TPSA) is 90.9 Å². The van der Waals surface area contributed by atoms with Gasteiger partial charge in [0.2, 0.25) is 5.95 Å². The first-order valence-electron chi connectivity index (χ1n) is 7.03. The Labute approximate surface area is 146 Å². The summed E-state index contributed by atoms with van der Waals surface area (Å²) in [5.41, 5.74) is 2.43. The van der Waals surface area contributed by atoms with Crippen molar-refractivity contribution in [3.8, 4) is 6.07 Å². The van der Waals surface area contributed by atoms with Crippen LogP contribution in [0, 0.1) is 11.3 Å². The van der Waals surface area contributed by atoms with Crippen LogP contribution in [-0.2, 0) is 4.43 Å². The van der Waals surface area contributed by atoms with Crippen LogP contribution in [0.15, 0.2) is 36.8 Å². The van der Waals surface area contributed by atoms with Crippen LogP contribution in [0.3, 0.4) is 0 Å². The summed E-state index contributed by atoms with van der Waals surface area (Å²) < 4.78 is 2.76. The maximum atomic E-state index is 8.74. The van der Waals surface area contributed by atoms with Gasteiger partial charge < -0.3 is 10.6 Å². The van der Waals surface area contributed by atoms with Gasteiger partial charge in [0.25, 0.3) is 0 Å². The number of rotatable bonds is 6. The third-order valence-electron chi connectivity index (χ3n) is 3.19. The summed E-state index contributed by atoms with van der Waals surface area (Å²) in [7, 11) is 0. The summed E-state index contributed by atoms with van der Waals surface area (Å²) in [5.74, 6) is 1.52. The summed E-state index contributed by atoms with van der Waals surface area (Å²) >= 11 is 2.29. The average Bonchev–Trinajstić information content (AvgIpc) is 3.07. The number of nitriles is 1. The molecule has 0 bridgehead atoms. The molecule has 7 nitrogen and oxygen atoms in total. The molecule has 0 atom stereocenters. The lowest BCUT2D eigenvalue weighted by atomic mass is 10.3. The number of fused-ring (bicyclic) bond motifs is 1.